The van der Waals surface area contributed by atoms with Crippen molar-refractivity contribution in [2.45, 2.75) is 32.7 Å². The molecule has 116 valence electrons. The molecule has 2 rings (SSSR count). The molecule has 0 radical (unpaired) electrons. The molecule has 0 aliphatic carbocycles. The van der Waals surface area contributed by atoms with Crippen molar-refractivity contribution in [2.24, 2.45) is 5.92 Å². The summed E-state index contributed by atoms with van der Waals surface area (Å²) in [6.45, 7) is 7.74. The summed E-state index contributed by atoms with van der Waals surface area (Å²) in [6.07, 6.45) is 3.81. The lowest BCUT2D eigenvalue weighted by Crippen LogP contribution is -2.34. The zero-order valence-corrected chi connectivity index (χ0v) is 12.8. The summed E-state index contributed by atoms with van der Waals surface area (Å²) in [6, 6.07) is 6.76. The Morgan fingerprint density at radius 2 is 1.95 bits per heavy atom. The number of nitro groups is 1. The van der Waals surface area contributed by atoms with E-state index in [2.05, 4.69) is 17.1 Å². The summed E-state index contributed by atoms with van der Waals surface area (Å²) in [7, 11) is 0. The predicted octanol–water partition coefficient (Wildman–Crippen LogP) is 2.81. The average molecular weight is 291 g/mol. The summed E-state index contributed by atoms with van der Waals surface area (Å²) < 4.78 is 0. The van der Waals surface area contributed by atoms with Crippen LogP contribution in [0.4, 0.5) is 5.69 Å². The van der Waals surface area contributed by atoms with Crippen LogP contribution in [0.15, 0.2) is 24.3 Å². The summed E-state index contributed by atoms with van der Waals surface area (Å²) in [5.41, 5.74) is 1.24. The van der Waals surface area contributed by atoms with Crippen LogP contribution < -0.4 is 5.32 Å². The number of hydrogen-bond donors (Lipinski definition) is 1. The van der Waals surface area contributed by atoms with Gasteiger partial charge in [-0.25, -0.2) is 0 Å². The van der Waals surface area contributed by atoms with Crippen LogP contribution in [-0.2, 0) is 6.54 Å². The molecule has 0 atom stereocenters. The first kappa shape index (κ1) is 15.9. The maximum atomic E-state index is 10.6. The van der Waals surface area contributed by atoms with Gasteiger partial charge >= 0.3 is 0 Å². The lowest BCUT2D eigenvalue weighted by molar-refractivity contribution is -0.384. The Kier molecular flexibility index (Phi) is 6.14. The highest BCUT2D eigenvalue weighted by Crippen LogP contribution is 2.15. The number of nitrogens with one attached hydrogen (secondary N) is 1. The monoisotopic (exact) mass is 291 g/mol. The fourth-order valence-corrected chi connectivity index (χ4v) is 2.68. The molecule has 0 spiro atoms. The van der Waals surface area contributed by atoms with E-state index in [4.69, 9.17) is 0 Å². The Morgan fingerprint density at radius 1 is 1.29 bits per heavy atom. The van der Waals surface area contributed by atoms with Crippen LogP contribution in [0.3, 0.4) is 0 Å². The van der Waals surface area contributed by atoms with E-state index in [9.17, 15) is 10.1 Å². The standard InChI is InChI=1S/C16H25N3O2/c1-14-7-11-18(12-8-14)10-2-9-17-13-15-3-5-16(6-4-15)19(20)21/h3-6,14,17H,2,7-13H2,1H3. The van der Waals surface area contributed by atoms with Gasteiger partial charge in [-0.3, -0.25) is 10.1 Å². The quantitative estimate of drug-likeness (QED) is 0.477. The van der Waals surface area contributed by atoms with Gasteiger partial charge < -0.3 is 10.2 Å². The number of piperidine rings is 1. The second kappa shape index (κ2) is 8.10. The first-order valence-corrected chi connectivity index (χ1v) is 7.81. The third-order valence-corrected chi connectivity index (χ3v) is 4.18. The molecule has 1 N–H and O–H groups in total. The largest absolute Gasteiger partial charge is 0.313 e. The van der Waals surface area contributed by atoms with Crippen molar-refractivity contribution >= 4 is 5.69 Å². The molecule has 0 amide bonds. The molecule has 1 heterocycles. The van der Waals surface area contributed by atoms with Crippen LogP contribution >= 0.6 is 0 Å². The molecule has 0 bridgehead atoms. The van der Waals surface area contributed by atoms with Crippen molar-refractivity contribution < 1.29 is 4.92 Å². The molecule has 1 aromatic rings. The maximum Gasteiger partial charge on any atom is 0.269 e. The maximum absolute atomic E-state index is 10.6. The van der Waals surface area contributed by atoms with Crippen LogP contribution in [0.1, 0.15) is 31.7 Å². The van der Waals surface area contributed by atoms with Crippen LogP contribution in [0.5, 0.6) is 0 Å². The van der Waals surface area contributed by atoms with E-state index in [-0.39, 0.29) is 10.6 Å². The molecule has 1 saturated heterocycles. The van der Waals surface area contributed by atoms with Gasteiger partial charge in [0.2, 0.25) is 0 Å². The van der Waals surface area contributed by atoms with Crippen LogP contribution in [0.2, 0.25) is 0 Å². The van der Waals surface area contributed by atoms with E-state index in [1.54, 1.807) is 12.1 Å². The van der Waals surface area contributed by atoms with Crippen molar-refractivity contribution in [1.29, 1.82) is 0 Å². The number of benzene rings is 1. The fourth-order valence-electron chi connectivity index (χ4n) is 2.68. The number of nitrogens with zero attached hydrogens (tertiary/aromatic N) is 2. The second-order valence-corrected chi connectivity index (χ2v) is 5.98. The summed E-state index contributed by atoms with van der Waals surface area (Å²) in [5.74, 6) is 0.890. The highest BCUT2D eigenvalue weighted by Gasteiger charge is 2.14. The van der Waals surface area contributed by atoms with Crippen molar-refractivity contribution in [1.82, 2.24) is 10.2 Å². The molecule has 0 aromatic heterocycles. The van der Waals surface area contributed by atoms with E-state index in [1.807, 2.05) is 12.1 Å². The molecule has 1 aliphatic heterocycles. The number of non-ortho nitro benzene ring substituents is 1. The summed E-state index contributed by atoms with van der Waals surface area (Å²) in [4.78, 5) is 12.8. The first-order chi connectivity index (χ1) is 10.1. The predicted molar refractivity (Wildman–Crippen MR) is 84.3 cm³/mol. The summed E-state index contributed by atoms with van der Waals surface area (Å²) >= 11 is 0. The molecule has 1 aliphatic rings. The molecule has 1 aromatic carbocycles. The molecule has 21 heavy (non-hydrogen) atoms. The van der Waals surface area contributed by atoms with Gasteiger partial charge in [-0.1, -0.05) is 19.1 Å². The van der Waals surface area contributed by atoms with Gasteiger partial charge in [-0.2, -0.15) is 0 Å². The third-order valence-electron chi connectivity index (χ3n) is 4.18. The third kappa shape index (κ3) is 5.44. The zero-order chi connectivity index (χ0) is 15.1. The lowest BCUT2D eigenvalue weighted by Gasteiger charge is -2.30. The minimum atomic E-state index is -0.364. The van der Waals surface area contributed by atoms with Gasteiger partial charge in [0.05, 0.1) is 4.92 Å². The average Bonchev–Trinajstić information content (AvgIpc) is 2.49. The van der Waals surface area contributed by atoms with E-state index < -0.39 is 0 Å². The Balaban J connectivity index is 1.58. The number of likely N-dealkylation sites (tertiary alicyclic amines) is 1. The normalized spacial score (nSPS) is 17.0. The molecule has 0 unspecified atom stereocenters. The highest BCUT2D eigenvalue weighted by atomic mass is 16.6. The van der Waals surface area contributed by atoms with Crippen molar-refractivity contribution in [3.63, 3.8) is 0 Å². The smallest absolute Gasteiger partial charge is 0.269 e. The fraction of sp³-hybridized carbons (Fsp3) is 0.625. The Bertz CT molecular complexity index is 439. The van der Waals surface area contributed by atoms with Gasteiger partial charge in [-0.05, 0) is 56.9 Å². The second-order valence-electron chi connectivity index (χ2n) is 5.98. The number of rotatable bonds is 7. The van der Waals surface area contributed by atoms with E-state index in [0.29, 0.717) is 0 Å². The number of nitro benzene ring substituents is 1. The van der Waals surface area contributed by atoms with Crippen LogP contribution in [0.25, 0.3) is 0 Å². The van der Waals surface area contributed by atoms with Crippen LogP contribution in [0, 0.1) is 16.0 Å². The van der Waals surface area contributed by atoms with Crippen molar-refractivity contribution in [2.75, 3.05) is 26.2 Å². The Morgan fingerprint density at radius 3 is 2.57 bits per heavy atom. The Labute approximate surface area is 126 Å². The van der Waals surface area contributed by atoms with E-state index >= 15 is 0 Å². The zero-order valence-electron chi connectivity index (χ0n) is 12.8. The van der Waals surface area contributed by atoms with Gasteiger partial charge in [0, 0.05) is 18.7 Å². The Hall–Kier alpha value is -1.46. The SMILES string of the molecule is CC1CCN(CCCNCc2ccc([N+](=O)[O-])cc2)CC1. The van der Waals surface area contributed by atoms with Gasteiger partial charge in [-0.15, -0.1) is 0 Å². The van der Waals surface area contributed by atoms with Crippen molar-refractivity contribution in [3.05, 3.63) is 39.9 Å². The molecular formula is C16H25N3O2. The van der Waals surface area contributed by atoms with Gasteiger partial charge in [0.25, 0.3) is 5.69 Å². The molecule has 0 saturated carbocycles. The minimum Gasteiger partial charge on any atom is -0.313 e. The minimum absolute atomic E-state index is 0.151. The van der Waals surface area contributed by atoms with E-state index in [1.165, 1.54) is 32.5 Å². The molecule has 5 heteroatoms. The van der Waals surface area contributed by atoms with Gasteiger partial charge in [0.1, 0.15) is 0 Å². The van der Waals surface area contributed by atoms with Crippen molar-refractivity contribution in [3.8, 4) is 0 Å². The number of hydrogen-bond acceptors (Lipinski definition) is 4. The molecule has 1 fully saturated rings. The summed E-state index contributed by atoms with van der Waals surface area (Å²) in [5, 5.41) is 14.0. The van der Waals surface area contributed by atoms with Gasteiger partial charge in [0.15, 0.2) is 0 Å². The molecular weight excluding hydrogens is 266 g/mol. The molecule has 5 nitrogen and oxygen atoms in total. The highest BCUT2D eigenvalue weighted by molar-refractivity contribution is 5.32. The first-order valence-electron chi connectivity index (χ1n) is 7.81. The van der Waals surface area contributed by atoms with E-state index in [0.717, 1.165) is 31.0 Å². The topological polar surface area (TPSA) is 58.4 Å². The lowest BCUT2D eigenvalue weighted by atomic mass is 9.99. The van der Waals surface area contributed by atoms with Crippen LogP contribution in [-0.4, -0.2) is 36.0 Å².